The normalized spacial score (nSPS) is 12.2. The first-order valence-electron chi connectivity index (χ1n) is 6.03. The molecule has 1 unspecified atom stereocenters. The molecule has 0 radical (unpaired) electrons. The van der Waals surface area contributed by atoms with Gasteiger partial charge in [-0.05, 0) is 19.1 Å². The molecule has 19 heavy (non-hydrogen) atoms. The third kappa shape index (κ3) is 3.00. The number of aromatic nitrogens is 2. The van der Waals surface area contributed by atoms with Crippen molar-refractivity contribution >= 4 is 0 Å². The first-order valence-corrected chi connectivity index (χ1v) is 6.03. The van der Waals surface area contributed by atoms with E-state index in [2.05, 4.69) is 4.98 Å². The number of aryl methyl sites for hydroxylation is 1. The van der Waals surface area contributed by atoms with Crippen LogP contribution in [-0.2, 0) is 6.54 Å². The molecular formula is C14H17N3O2. The number of hydrogen-bond acceptors (Lipinski definition) is 4. The van der Waals surface area contributed by atoms with Crippen LogP contribution in [0.4, 0.5) is 0 Å². The van der Waals surface area contributed by atoms with Crippen LogP contribution < -0.4 is 16.2 Å². The predicted molar refractivity (Wildman–Crippen MR) is 73.2 cm³/mol. The fourth-order valence-electron chi connectivity index (χ4n) is 1.98. The maximum atomic E-state index is 11.6. The molecule has 0 saturated carbocycles. The summed E-state index contributed by atoms with van der Waals surface area (Å²) in [6, 6.07) is 7.21. The Labute approximate surface area is 111 Å². The van der Waals surface area contributed by atoms with Gasteiger partial charge in [0, 0.05) is 24.5 Å². The largest absolute Gasteiger partial charge is 0.496 e. The van der Waals surface area contributed by atoms with E-state index < -0.39 is 0 Å². The molecule has 0 fully saturated rings. The first-order chi connectivity index (χ1) is 9.11. The van der Waals surface area contributed by atoms with Crippen molar-refractivity contribution in [3.8, 4) is 5.75 Å². The van der Waals surface area contributed by atoms with Gasteiger partial charge in [0.05, 0.1) is 13.2 Å². The molecule has 0 saturated heterocycles. The number of methoxy groups -OCH3 is 1. The van der Waals surface area contributed by atoms with Gasteiger partial charge in [-0.3, -0.25) is 4.57 Å². The maximum absolute atomic E-state index is 11.6. The summed E-state index contributed by atoms with van der Waals surface area (Å²) < 4.78 is 6.80. The van der Waals surface area contributed by atoms with Crippen LogP contribution in [0.15, 0.2) is 41.5 Å². The molecule has 1 aromatic carbocycles. The Morgan fingerprint density at radius 2 is 2.26 bits per heavy atom. The van der Waals surface area contributed by atoms with E-state index in [9.17, 15) is 4.79 Å². The van der Waals surface area contributed by atoms with E-state index in [0.717, 1.165) is 16.9 Å². The van der Waals surface area contributed by atoms with E-state index in [0.29, 0.717) is 6.54 Å². The van der Waals surface area contributed by atoms with E-state index in [1.165, 1.54) is 10.8 Å². The second kappa shape index (κ2) is 5.67. The summed E-state index contributed by atoms with van der Waals surface area (Å²) in [6.45, 7) is 2.36. The minimum absolute atomic E-state index is 0.301. The van der Waals surface area contributed by atoms with Gasteiger partial charge in [0.25, 0.3) is 0 Å². The summed E-state index contributed by atoms with van der Waals surface area (Å²) in [4.78, 5) is 15.3. The van der Waals surface area contributed by atoms with Crippen molar-refractivity contribution in [3.05, 3.63) is 58.3 Å². The van der Waals surface area contributed by atoms with Crippen molar-refractivity contribution in [1.82, 2.24) is 9.55 Å². The van der Waals surface area contributed by atoms with Gasteiger partial charge in [-0.1, -0.05) is 17.7 Å². The van der Waals surface area contributed by atoms with E-state index in [-0.39, 0.29) is 11.7 Å². The van der Waals surface area contributed by atoms with E-state index >= 15 is 0 Å². The Hall–Kier alpha value is -2.14. The molecule has 0 bridgehead atoms. The molecule has 0 amide bonds. The number of rotatable bonds is 4. The standard InChI is InChI=1S/C14H17N3O2/c1-10-4-5-13(19-2)11(8-10)12(15)9-17-7-3-6-16-14(17)18/h3-8,12H,9,15H2,1-2H3. The molecule has 2 N–H and O–H groups in total. The van der Waals surface area contributed by atoms with Gasteiger partial charge in [-0.2, -0.15) is 0 Å². The first kappa shape index (κ1) is 13.3. The van der Waals surface area contributed by atoms with Crippen molar-refractivity contribution in [2.24, 2.45) is 5.73 Å². The van der Waals surface area contributed by atoms with Crippen LogP contribution >= 0.6 is 0 Å². The average Bonchev–Trinajstić information content (AvgIpc) is 2.41. The molecule has 2 aromatic rings. The lowest BCUT2D eigenvalue weighted by atomic mass is 10.0. The highest BCUT2D eigenvalue weighted by atomic mass is 16.5. The summed E-state index contributed by atoms with van der Waals surface area (Å²) in [5.41, 5.74) is 7.86. The zero-order chi connectivity index (χ0) is 13.8. The minimum Gasteiger partial charge on any atom is -0.496 e. The van der Waals surface area contributed by atoms with Crippen molar-refractivity contribution in [1.29, 1.82) is 0 Å². The Morgan fingerprint density at radius 1 is 1.47 bits per heavy atom. The van der Waals surface area contributed by atoms with Crippen molar-refractivity contribution < 1.29 is 4.74 Å². The number of nitrogens with zero attached hydrogens (tertiary/aromatic N) is 2. The van der Waals surface area contributed by atoms with Gasteiger partial charge in [0.2, 0.25) is 0 Å². The number of hydrogen-bond donors (Lipinski definition) is 1. The van der Waals surface area contributed by atoms with E-state index in [4.69, 9.17) is 10.5 Å². The molecule has 5 nitrogen and oxygen atoms in total. The molecular weight excluding hydrogens is 242 g/mol. The van der Waals surface area contributed by atoms with Gasteiger partial charge in [-0.25, -0.2) is 9.78 Å². The maximum Gasteiger partial charge on any atom is 0.347 e. The van der Waals surface area contributed by atoms with Crippen molar-refractivity contribution in [2.45, 2.75) is 19.5 Å². The molecule has 0 spiro atoms. The van der Waals surface area contributed by atoms with Crippen molar-refractivity contribution in [3.63, 3.8) is 0 Å². The van der Waals surface area contributed by atoms with Crippen molar-refractivity contribution in [2.75, 3.05) is 7.11 Å². The second-order valence-corrected chi connectivity index (χ2v) is 4.41. The predicted octanol–water partition coefficient (Wildman–Crippen LogP) is 1.26. The summed E-state index contributed by atoms with van der Waals surface area (Å²) in [5.74, 6) is 0.732. The summed E-state index contributed by atoms with van der Waals surface area (Å²) >= 11 is 0. The second-order valence-electron chi connectivity index (χ2n) is 4.41. The quantitative estimate of drug-likeness (QED) is 0.897. The molecule has 5 heteroatoms. The van der Waals surface area contributed by atoms with Gasteiger partial charge >= 0.3 is 5.69 Å². The third-order valence-electron chi connectivity index (χ3n) is 2.96. The minimum atomic E-state index is -0.322. The zero-order valence-electron chi connectivity index (χ0n) is 11.0. The number of nitrogens with two attached hydrogens (primary N) is 1. The Bertz CT molecular complexity index is 622. The summed E-state index contributed by atoms with van der Waals surface area (Å²) in [7, 11) is 1.61. The molecule has 1 aromatic heterocycles. The fraction of sp³-hybridized carbons (Fsp3) is 0.286. The van der Waals surface area contributed by atoms with Gasteiger partial charge < -0.3 is 10.5 Å². The molecule has 100 valence electrons. The van der Waals surface area contributed by atoms with Crippen LogP contribution in [0.3, 0.4) is 0 Å². The van der Waals surface area contributed by atoms with E-state index in [1.807, 2.05) is 25.1 Å². The zero-order valence-corrected chi connectivity index (χ0v) is 11.0. The molecule has 0 aliphatic rings. The van der Waals surface area contributed by atoms with E-state index in [1.54, 1.807) is 19.4 Å². The Kier molecular flexibility index (Phi) is 3.97. The SMILES string of the molecule is COc1ccc(C)cc1C(N)Cn1cccnc1=O. The van der Waals surface area contributed by atoms with Gasteiger partial charge in [0.15, 0.2) is 0 Å². The average molecular weight is 259 g/mol. The lowest BCUT2D eigenvalue weighted by Gasteiger charge is -2.17. The van der Waals surface area contributed by atoms with Crippen LogP contribution in [-0.4, -0.2) is 16.7 Å². The summed E-state index contributed by atoms with van der Waals surface area (Å²) in [5, 5.41) is 0. The molecule has 0 aliphatic heterocycles. The van der Waals surface area contributed by atoms with Gasteiger partial charge in [0.1, 0.15) is 5.75 Å². The number of benzene rings is 1. The number of ether oxygens (including phenoxy) is 1. The van der Waals surface area contributed by atoms with Crippen LogP contribution in [0.2, 0.25) is 0 Å². The highest BCUT2D eigenvalue weighted by molar-refractivity contribution is 5.38. The highest BCUT2D eigenvalue weighted by Gasteiger charge is 2.13. The fourth-order valence-corrected chi connectivity index (χ4v) is 1.98. The van der Waals surface area contributed by atoms with Crippen LogP contribution in [0.25, 0.3) is 0 Å². The third-order valence-corrected chi connectivity index (χ3v) is 2.96. The lowest BCUT2D eigenvalue weighted by Crippen LogP contribution is -2.27. The molecule has 1 atom stereocenters. The topological polar surface area (TPSA) is 70.1 Å². The Morgan fingerprint density at radius 3 is 2.95 bits per heavy atom. The Balaban J connectivity index is 2.30. The highest BCUT2D eigenvalue weighted by Crippen LogP contribution is 2.25. The monoisotopic (exact) mass is 259 g/mol. The van der Waals surface area contributed by atoms with Crippen LogP contribution in [0.5, 0.6) is 5.75 Å². The smallest absolute Gasteiger partial charge is 0.347 e. The summed E-state index contributed by atoms with van der Waals surface area (Å²) in [6.07, 6.45) is 3.15. The van der Waals surface area contributed by atoms with Crippen LogP contribution in [0.1, 0.15) is 17.2 Å². The lowest BCUT2D eigenvalue weighted by molar-refractivity contribution is 0.401. The molecule has 0 aliphatic carbocycles. The molecule has 1 heterocycles. The molecule has 2 rings (SSSR count). The van der Waals surface area contributed by atoms with Gasteiger partial charge in [-0.15, -0.1) is 0 Å². The van der Waals surface area contributed by atoms with Crippen LogP contribution in [0, 0.1) is 6.92 Å².